The van der Waals surface area contributed by atoms with E-state index in [0.717, 1.165) is 39.0 Å². The Morgan fingerprint density at radius 3 is 2.35 bits per heavy atom. The van der Waals surface area contributed by atoms with E-state index in [0.29, 0.717) is 11.9 Å². The number of halogens is 1. The van der Waals surface area contributed by atoms with Crippen LogP contribution in [0.5, 0.6) is 0 Å². The van der Waals surface area contributed by atoms with E-state index < -0.39 is 0 Å². The number of hydrogen-bond acceptors (Lipinski definition) is 6. The molecule has 1 aromatic heterocycles. The zero-order valence-corrected chi connectivity index (χ0v) is 13.6. The molecule has 0 amide bonds. The van der Waals surface area contributed by atoms with Crippen LogP contribution in [0.2, 0.25) is 5.28 Å². The van der Waals surface area contributed by atoms with Crippen molar-refractivity contribution < 1.29 is 0 Å². The number of hydrogen-bond donors (Lipinski definition) is 1. The van der Waals surface area contributed by atoms with Crippen LogP contribution < -0.4 is 10.2 Å². The first-order valence-corrected chi connectivity index (χ1v) is 7.49. The van der Waals surface area contributed by atoms with Gasteiger partial charge in [0.05, 0.1) is 0 Å². The van der Waals surface area contributed by atoms with Gasteiger partial charge in [0.25, 0.3) is 0 Å². The standard InChI is InChI=1S/C13H25ClN6/c1-5-7-15-12-16-11(14)17-13(18-12)20(8-6-2)10-9-19(3)4/h5-10H2,1-4H3,(H,15,16,17,18). The van der Waals surface area contributed by atoms with E-state index in [1.165, 1.54) is 0 Å². The van der Waals surface area contributed by atoms with Gasteiger partial charge < -0.3 is 15.1 Å². The van der Waals surface area contributed by atoms with Crippen LogP contribution in [-0.4, -0.2) is 60.1 Å². The smallest absolute Gasteiger partial charge is 0.231 e. The summed E-state index contributed by atoms with van der Waals surface area (Å²) in [6.07, 6.45) is 2.05. The molecule has 0 aromatic carbocycles. The molecule has 7 heteroatoms. The zero-order chi connectivity index (χ0) is 15.0. The fourth-order valence-electron chi connectivity index (χ4n) is 1.70. The van der Waals surface area contributed by atoms with Gasteiger partial charge in [0, 0.05) is 26.2 Å². The first-order chi connectivity index (χ1) is 9.56. The molecule has 1 heterocycles. The molecule has 0 aliphatic rings. The van der Waals surface area contributed by atoms with Crippen molar-refractivity contribution in [3.8, 4) is 0 Å². The average Bonchev–Trinajstić information content (AvgIpc) is 2.40. The van der Waals surface area contributed by atoms with Crippen molar-refractivity contribution >= 4 is 23.5 Å². The quantitative estimate of drug-likeness (QED) is 0.754. The number of rotatable bonds is 9. The highest BCUT2D eigenvalue weighted by atomic mass is 35.5. The second-order valence-corrected chi connectivity index (χ2v) is 5.28. The maximum atomic E-state index is 6.00. The lowest BCUT2D eigenvalue weighted by Crippen LogP contribution is -2.33. The van der Waals surface area contributed by atoms with Crippen LogP contribution in [0.3, 0.4) is 0 Å². The van der Waals surface area contributed by atoms with Gasteiger partial charge >= 0.3 is 0 Å². The Morgan fingerprint density at radius 2 is 1.75 bits per heavy atom. The van der Waals surface area contributed by atoms with Crippen LogP contribution in [0.4, 0.5) is 11.9 Å². The Bertz CT molecular complexity index is 398. The second kappa shape index (κ2) is 8.92. The number of anilines is 2. The molecule has 0 saturated carbocycles. The summed E-state index contributed by atoms with van der Waals surface area (Å²) in [5.41, 5.74) is 0. The number of aromatic nitrogens is 3. The molecule has 1 aromatic rings. The summed E-state index contributed by atoms with van der Waals surface area (Å²) in [6, 6.07) is 0. The van der Waals surface area contributed by atoms with E-state index in [4.69, 9.17) is 11.6 Å². The largest absolute Gasteiger partial charge is 0.354 e. The molecule has 0 fully saturated rings. The van der Waals surface area contributed by atoms with Crippen molar-refractivity contribution in [3.05, 3.63) is 5.28 Å². The Kier molecular flexibility index (Phi) is 7.54. The minimum absolute atomic E-state index is 0.236. The molecule has 0 spiro atoms. The predicted molar refractivity (Wildman–Crippen MR) is 84.7 cm³/mol. The topological polar surface area (TPSA) is 57.2 Å². The summed E-state index contributed by atoms with van der Waals surface area (Å²) in [4.78, 5) is 17.1. The highest BCUT2D eigenvalue weighted by Gasteiger charge is 2.12. The van der Waals surface area contributed by atoms with Gasteiger partial charge in [-0.3, -0.25) is 0 Å². The van der Waals surface area contributed by atoms with Gasteiger partial charge in [0.1, 0.15) is 0 Å². The van der Waals surface area contributed by atoms with Crippen LogP contribution in [0.25, 0.3) is 0 Å². The second-order valence-electron chi connectivity index (χ2n) is 4.95. The van der Waals surface area contributed by atoms with E-state index >= 15 is 0 Å². The zero-order valence-electron chi connectivity index (χ0n) is 12.9. The molecule has 0 saturated heterocycles. The van der Waals surface area contributed by atoms with Crippen molar-refractivity contribution in [2.24, 2.45) is 0 Å². The van der Waals surface area contributed by atoms with E-state index in [1.54, 1.807) is 0 Å². The summed E-state index contributed by atoms with van der Waals surface area (Å²) in [6.45, 7) is 7.78. The normalized spacial score (nSPS) is 10.9. The van der Waals surface area contributed by atoms with Gasteiger partial charge in [-0.2, -0.15) is 15.0 Å². The van der Waals surface area contributed by atoms with Gasteiger partial charge in [-0.15, -0.1) is 0 Å². The highest BCUT2D eigenvalue weighted by molar-refractivity contribution is 6.28. The molecule has 0 atom stereocenters. The van der Waals surface area contributed by atoms with Gasteiger partial charge in [-0.05, 0) is 38.5 Å². The first kappa shape index (κ1) is 16.9. The SMILES string of the molecule is CCCNc1nc(Cl)nc(N(CCC)CCN(C)C)n1. The van der Waals surface area contributed by atoms with Gasteiger partial charge in [-0.1, -0.05) is 13.8 Å². The molecule has 6 nitrogen and oxygen atoms in total. The minimum atomic E-state index is 0.236. The molecule has 20 heavy (non-hydrogen) atoms. The summed E-state index contributed by atoms with van der Waals surface area (Å²) in [7, 11) is 4.11. The molecule has 114 valence electrons. The Hall–Kier alpha value is -1.14. The fraction of sp³-hybridized carbons (Fsp3) is 0.769. The monoisotopic (exact) mass is 300 g/mol. The summed E-state index contributed by atoms with van der Waals surface area (Å²) >= 11 is 6.00. The van der Waals surface area contributed by atoms with Crippen molar-refractivity contribution in [2.75, 3.05) is 50.5 Å². The summed E-state index contributed by atoms with van der Waals surface area (Å²) in [5.74, 6) is 1.19. The fourth-order valence-corrected chi connectivity index (χ4v) is 1.85. The van der Waals surface area contributed by atoms with Gasteiger partial charge in [-0.25, -0.2) is 0 Å². The van der Waals surface area contributed by atoms with Crippen LogP contribution in [0.1, 0.15) is 26.7 Å². The Morgan fingerprint density at radius 1 is 1.00 bits per heavy atom. The average molecular weight is 301 g/mol. The number of nitrogens with one attached hydrogen (secondary N) is 1. The molecule has 1 N–H and O–H groups in total. The van der Waals surface area contributed by atoms with E-state index in [9.17, 15) is 0 Å². The van der Waals surface area contributed by atoms with Crippen LogP contribution in [0.15, 0.2) is 0 Å². The maximum absolute atomic E-state index is 6.00. The molecule has 0 bridgehead atoms. The lowest BCUT2D eigenvalue weighted by atomic mass is 10.4. The van der Waals surface area contributed by atoms with Gasteiger partial charge in [0.2, 0.25) is 17.2 Å². The van der Waals surface area contributed by atoms with Crippen molar-refractivity contribution in [3.63, 3.8) is 0 Å². The summed E-state index contributed by atoms with van der Waals surface area (Å²) < 4.78 is 0. The van der Waals surface area contributed by atoms with E-state index in [2.05, 4.69) is 58.0 Å². The van der Waals surface area contributed by atoms with Crippen molar-refractivity contribution in [1.82, 2.24) is 19.9 Å². The molecule has 1 rings (SSSR count). The third kappa shape index (κ3) is 5.88. The van der Waals surface area contributed by atoms with Crippen molar-refractivity contribution in [1.29, 1.82) is 0 Å². The third-order valence-electron chi connectivity index (χ3n) is 2.72. The lowest BCUT2D eigenvalue weighted by molar-refractivity contribution is 0.411. The highest BCUT2D eigenvalue weighted by Crippen LogP contribution is 2.14. The molecule has 0 aliphatic carbocycles. The van der Waals surface area contributed by atoms with Crippen LogP contribution in [-0.2, 0) is 0 Å². The van der Waals surface area contributed by atoms with Crippen LogP contribution in [0, 0.1) is 0 Å². The summed E-state index contributed by atoms with van der Waals surface area (Å²) in [5, 5.41) is 3.39. The predicted octanol–water partition coefficient (Wildman–Crippen LogP) is 2.12. The van der Waals surface area contributed by atoms with Crippen LogP contribution >= 0.6 is 11.6 Å². The minimum Gasteiger partial charge on any atom is -0.354 e. The Labute approximate surface area is 126 Å². The lowest BCUT2D eigenvalue weighted by Gasteiger charge is -2.24. The molecule has 0 unspecified atom stereocenters. The van der Waals surface area contributed by atoms with Gasteiger partial charge in [0.15, 0.2) is 0 Å². The van der Waals surface area contributed by atoms with E-state index in [-0.39, 0.29) is 5.28 Å². The van der Waals surface area contributed by atoms with E-state index in [1.807, 2.05) is 0 Å². The molecule has 0 aliphatic heterocycles. The first-order valence-electron chi connectivity index (χ1n) is 7.12. The Balaban J connectivity index is 2.84. The number of nitrogens with zero attached hydrogens (tertiary/aromatic N) is 5. The maximum Gasteiger partial charge on any atom is 0.231 e. The number of likely N-dealkylation sites (N-methyl/N-ethyl adjacent to an activating group) is 1. The molecular formula is C13H25ClN6. The molecule has 0 radical (unpaired) electrons. The third-order valence-corrected chi connectivity index (χ3v) is 2.89. The van der Waals surface area contributed by atoms with Crippen molar-refractivity contribution in [2.45, 2.75) is 26.7 Å². The molecular weight excluding hydrogens is 276 g/mol.